The molecule has 2 rings (SSSR count). The van der Waals surface area contributed by atoms with Gasteiger partial charge in [-0.3, -0.25) is 9.69 Å². The predicted molar refractivity (Wildman–Crippen MR) is 73.7 cm³/mol. The minimum atomic E-state index is -0.792. The first-order valence-electron chi connectivity index (χ1n) is 6.34. The quantitative estimate of drug-likeness (QED) is 0.872. The number of hydrogen-bond donors (Lipinski definition) is 1. The highest BCUT2D eigenvalue weighted by Crippen LogP contribution is 2.32. The van der Waals surface area contributed by atoms with Gasteiger partial charge in [0.1, 0.15) is 11.8 Å². The molecule has 4 nitrogen and oxygen atoms in total. The van der Waals surface area contributed by atoms with Crippen molar-refractivity contribution in [1.82, 2.24) is 4.90 Å². The van der Waals surface area contributed by atoms with Crippen LogP contribution in [0.4, 0.5) is 0 Å². The highest BCUT2D eigenvalue weighted by atomic mass is 35.5. The molecule has 1 atom stereocenters. The maximum atomic E-state index is 11.2. The van der Waals surface area contributed by atoms with Crippen molar-refractivity contribution in [3.8, 4) is 5.75 Å². The Morgan fingerprint density at radius 2 is 2.26 bits per heavy atom. The summed E-state index contributed by atoms with van der Waals surface area (Å²) < 4.78 is 5.31. The van der Waals surface area contributed by atoms with Crippen molar-refractivity contribution in [3.63, 3.8) is 0 Å². The van der Waals surface area contributed by atoms with Crippen LogP contribution in [0.25, 0.3) is 0 Å². The number of ether oxygens (including phenoxy) is 1. The van der Waals surface area contributed by atoms with Gasteiger partial charge in [0, 0.05) is 23.2 Å². The van der Waals surface area contributed by atoms with Gasteiger partial charge in [-0.25, -0.2) is 0 Å². The summed E-state index contributed by atoms with van der Waals surface area (Å²) in [6.07, 6.45) is 2.13. The third-order valence-corrected chi connectivity index (χ3v) is 3.71. The highest BCUT2D eigenvalue weighted by molar-refractivity contribution is 6.30. The zero-order valence-electron chi connectivity index (χ0n) is 11.1. The summed E-state index contributed by atoms with van der Waals surface area (Å²) in [5, 5.41) is 9.80. The Hall–Kier alpha value is -1.26. The molecule has 0 radical (unpaired) electrons. The average Bonchev–Trinajstić information content (AvgIpc) is 3.20. The van der Waals surface area contributed by atoms with Crippen LogP contribution in [0.5, 0.6) is 5.75 Å². The van der Waals surface area contributed by atoms with Crippen LogP contribution in [0.15, 0.2) is 18.2 Å². The summed E-state index contributed by atoms with van der Waals surface area (Å²) in [7, 11) is 1.59. The maximum absolute atomic E-state index is 11.2. The van der Waals surface area contributed by atoms with Crippen molar-refractivity contribution < 1.29 is 14.6 Å². The van der Waals surface area contributed by atoms with Crippen molar-refractivity contribution in [2.45, 2.75) is 38.4 Å². The third kappa shape index (κ3) is 3.39. The summed E-state index contributed by atoms with van der Waals surface area (Å²) in [6, 6.07) is 5.33. The minimum Gasteiger partial charge on any atom is -0.496 e. The Morgan fingerprint density at radius 1 is 1.58 bits per heavy atom. The fourth-order valence-corrected chi connectivity index (χ4v) is 2.34. The number of hydrogen-bond acceptors (Lipinski definition) is 3. The van der Waals surface area contributed by atoms with Gasteiger partial charge in [-0.2, -0.15) is 0 Å². The van der Waals surface area contributed by atoms with E-state index in [4.69, 9.17) is 16.3 Å². The van der Waals surface area contributed by atoms with E-state index in [1.165, 1.54) is 0 Å². The second kappa shape index (κ2) is 5.80. The number of nitrogens with zero attached hydrogens (tertiary/aromatic N) is 1. The van der Waals surface area contributed by atoms with Gasteiger partial charge in [-0.15, -0.1) is 0 Å². The Balaban J connectivity index is 2.19. The lowest BCUT2D eigenvalue weighted by atomic mass is 10.1. The Labute approximate surface area is 117 Å². The molecule has 1 unspecified atom stereocenters. The fourth-order valence-electron chi connectivity index (χ4n) is 2.18. The van der Waals surface area contributed by atoms with E-state index in [2.05, 4.69) is 0 Å². The smallest absolute Gasteiger partial charge is 0.320 e. The van der Waals surface area contributed by atoms with E-state index in [1.54, 1.807) is 26.2 Å². The van der Waals surface area contributed by atoms with E-state index >= 15 is 0 Å². The number of carbonyl (C=O) groups is 1. The molecule has 0 aliphatic heterocycles. The lowest BCUT2D eigenvalue weighted by Gasteiger charge is -2.26. The fraction of sp³-hybridized carbons (Fsp3) is 0.500. The van der Waals surface area contributed by atoms with Gasteiger partial charge < -0.3 is 9.84 Å². The third-order valence-electron chi connectivity index (χ3n) is 3.47. The molecule has 0 amide bonds. The molecule has 0 spiro atoms. The predicted octanol–water partition coefficient (Wildman–Crippen LogP) is 2.79. The SMILES string of the molecule is COc1cc(Cl)ccc1CN(C1CC1)C(C)C(=O)O. The lowest BCUT2D eigenvalue weighted by Crippen LogP contribution is -2.40. The molecular formula is C14H18ClNO3. The molecule has 1 fully saturated rings. The second-order valence-electron chi connectivity index (χ2n) is 4.87. The number of methoxy groups -OCH3 is 1. The number of carboxylic acids is 1. The topological polar surface area (TPSA) is 49.8 Å². The van der Waals surface area contributed by atoms with Crippen LogP contribution in [0, 0.1) is 0 Å². The number of halogens is 1. The molecule has 1 aliphatic carbocycles. The van der Waals surface area contributed by atoms with Gasteiger partial charge in [-0.05, 0) is 31.9 Å². The van der Waals surface area contributed by atoms with Crippen molar-refractivity contribution in [1.29, 1.82) is 0 Å². The van der Waals surface area contributed by atoms with Crippen molar-refractivity contribution in [2.24, 2.45) is 0 Å². The van der Waals surface area contributed by atoms with E-state index in [9.17, 15) is 9.90 Å². The first kappa shape index (κ1) is 14.2. The van der Waals surface area contributed by atoms with Gasteiger partial charge in [0.15, 0.2) is 0 Å². The molecule has 0 aromatic heterocycles. The average molecular weight is 284 g/mol. The molecule has 0 saturated heterocycles. The first-order valence-corrected chi connectivity index (χ1v) is 6.71. The molecule has 1 N–H and O–H groups in total. The Morgan fingerprint density at radius 3 is 2.79 bits per heavy atom. The minimum absolute atomic E-state index is 0.367. The monoisotopic (exact) mass is 283 g/mol. The maximum Gasteiger partial charge on any atom is 0.320 e. The van der Waals surface area contributed by atoms with E-state index in [-0.39, 0.29) is 0 Å². The van der Waals surface area contributed by atoms with Crippen LogP contribution in [0.2, 0.25) is 5.02 Å². The van der Waals surface area contributed by atoms with E-state index in [1.807, 2.05) is 11.0 Å². The van der Waals surface area contributed by atoms with Crippen LogP contribution >= 0.6 is 11.6 Å². The van der Waals surface area contributed by atoms with Crippen LogP contribution in [0.1, 0.15) is 25.3 Å². The summed E-state index contributed by atoms with van der Waals surface area (Å²) in [4.78, 5) is 13.2. The molecule has 1 saturated carbocycles. The normalized spacial score (nSPS) is 16.4. The van der Waals surface area contributed by atoms with Crippen LogP contribution < -0.4 is 4.74 Å². The molecule has 0 heterocycles. The molecule has 1 aromatic carbocycles. The van der Waals surface area contributed by atoms with E-state index < -0.39 is 12.0 Å². The standard InChI is InChI=1S/C14H18ClNO3/c1-9(14(17)18)16(12-5-6-12)8-10-3-4-11(15)7-13(10)19-2/h3-4,7,9,12H,5-6,8H2,1-2H3,(H,17,18). The zero-order chi connectivity index (χ0) is 14.0. The highest BCUT2D eigenvalue weighted by Gasteiger charge is 2.35. The number of carboxylic acid groups (broad SMARTS) is 1. The Bertz CT molecular complexity index is 474. The van der Waals surface area contributed by atoms with Gasteiger partial charge in [0.2, 0.25) is 0 Å². The van der Waals surface area contributed by atoms with Gasteiger partial charge in [0.05, 0.1) is 7.11 Å². The van der Waals surface area contributed by atoms with Gasteiger partial charge in [0.25, 0.3) is 0 Å². The van der Waals surface area contributed by atoms with Gasteiger partial charge >= 0.3 is 5.97 Å². The number of benzene rings is 1. The number of rotatable bonds is 6. The second-order valence-corrected chi connectivity index (χ2v) is 5.31. The lowest BCUT2D eigenvalue weighted by molar-refractivity contribution is -0.143. The van der Waals surface area contributed by atoms with E-state index in [0.29, 0.717) is 23.4 Å². The molecular weight excluding hydrogens is 266 g/mol. The van der Waals surface area contributed by atoms with Crippen LogP contribution in [-0.2, 0) is 11.3 Å². The summed E-state index contributed by atoms with van der Waals surface area (Å²) in [6.45, 7) is 2.29. The van der Waals surface area contributed by atoms with Crippen LogP contribution in [-0.4, -0.2) is 35.2 Å². The molecule has 1 aliphatic rings. The van der Waals surface area contributed by atoms with E-state index in [0.717, 1.165) is 18.4 Å². The summed E-state index contributed by atoms with van der Waals surface area (Å²) in [5.74, 6) is -0.0874. The van der Waals surface area contributed by atoms with Crippen molar-refractivity contribution >= 4 is 17.6 Å². The van der Waals surface area contributed by atoms with Crippen molar-refractivity contribution in [2.75, 3.05) is 7.11 Å². The number of aliphatic carboxylic acids is 1. The van der Waals surface area contributed by atoms with Crippen LogP contribution in [0.3, 0.4) is 0 Å². The Kier molecular flexibility index (Phi) is 4.32. The molecule has 1 aromatic rings. The molecule has 19 heavy (non-hydrogen) atoms. The largest absolute Gasteiger partial charge is 0.496 e. The first-order chi connectivity index (χ1) is 9.02. The summed E-state index contributed by atoms with van der Waals surface area (Å²) in [5.41, 5.74) is 0.965. The molecule has 0 bridgehead atoms. The zero-order valence-corrected chi connectivity index (χ0v) is 11.9. The molecule has 5 heteroatoms. The summed E-state index contributed by atoms with van der Waals surface area (Å²) >= 11 is 5.93. The van der Waals surface area contributed by atoms with Gasteiger partial charge in [-0.1, -0.05) is 17.7 Å². The van der Waals surface area contributed by atoms with Crippen molar-refractivity contribution in [3.05, 3.63) is 28.8 Å². The molecule has 104 valence electrons.